The van der Waals surface area contributed by atoms with E-state index in [2.05, 4.69) is 23.7 Å². The minimum Gasteiger partial charge on any atom is -0.476 e. The van der Waals surface area contributed by atoms with Crippen molar-refractivity contribution in [1.82, 2.24) is 19.4 Å². The SMILES string of the molecule is C[C@@H]1C[C@H](C)CN(c2ncc(Cl)c(Cc3ccc4c(c3)cc(OCC(=O)OCCCN(C)C)c(=O)n4C)n2)C1. The van der Waals surface area contributed by atoms with Crippen LogP contribution in [0.25, 0.3) is 10.9 Å². The molecule has 0 unspecified atom stereocenters. The lowest BCUT2D eigenvalue weighted by Gasteiger charge is -2.35. The molecule has 2 atom stereocenters. The number of hydrogen-bond donors (Lipinski definition) is 0. The number of pyridine rings is 1. The van der Waals surface area contributed by atoms with Crippen molar-refractivity contribution in [3.8, 4) is 5.75 Å². The van der Waals surface area contributed by atoms with Gasteiger partial charge in [0.05, 0.1) is 29.0 Å². The van der Waals surface area contributed by atoms with Crippen molar-refractivity contribution in [2.24, 2.45) is 18.9 Å². The van der Waals surface area contributed by atoms with E-state index >= 15 is 0 Å². The van der Waals surface area contributed by atoms with Gasteiger partial charge in [0.2, 0.25) is 5.95 Å². The number of carbonyl (C=O) groups is 1. The maximum atomic E-state index is 12.8. The van der Waals surface area contributed by atoms with E-state index < -0.39 is 5.97 Å². The van der Waals surface area contributed by atoms with E-state index in [9.17, 15) is 9.59 Å². The van der Waals surface area contributed by atoms with Crippen LogP contribution < -0.4 is 15.2 Å². The quantitative estimate of drug-likeness (QED) is 0.275. The van der Waals surface area contributed by atoms with Crippen LogP contribution in [0.1, 0.15) is 37.9 Å². The molecule has 1 fully saturated rings. The fraction of sp³-hybridized carbons (Fsp3) is 0.517. The molecule has 10 heteroatoms. The smallest absolute Gasteiger partial charge is 0.344 e. The van der Waals surface area contributed by atoms with Gasteiger partial charge in [-0.15, -0.1) is 0 Å². The highest BCUT2D eigenvalue weighted by molar-refractivity contribution is 6.31. The van der Waals surface area contributed by atoms with Crippen LogP contribution in [0, 0.1) is 11.8 Å². The van der Waals surface area contributed by atoms with E-state index in [-0.39, 0.29) is 17.9 Å². The third-order valence-corrected chi connectivity index (χ3v) is 7.26. The number of aromatic nitrogens is 3. The summed E-state index contributed by atoms with van der Waals surface area (Å²) in [5.74, 6) is 1.48. The number of fused-ring (bicyclic) bond motifs is 1. The molecule has 0 saturated carbocycles. The molecule has 1 aromatic carbocycles. The normalized spacial score (nSPS) is 17.6. The highest BCUT2D eigenvalue weighted by atomic mass is 35.5. The van der Waals surface area contributed by atoms with Gasteiger partial charge in [0.15, 0.2) is 12.4 Å². The lowest BCUT2D eigenvalue weighted by atomic mass is 9.92. The van der Waals surface area contributed by atoms with Crippen LogP contribution >= 0.6 is 11.6 Å². The Labute approximate surface area is 234 Å². The van der Waals surface area contributed by atoms with E-state index in [1.54, 1.807) is 19.3 Å². The number of anilines is 1. The first-order chi connectivity index (χ1) is 18.6. The summed E-state index contributed by atoms with van der Waals surface area (Å²) in [6, 6.07) is 7.53. The maximum absolute atomic E-state index is 12.8. The average molecular weight is 556 g/mol. The Kier molecular flexibility index (Phi) is 9.45. The first kappa shape index (κ1) is 28.8. The second-order valence-corrected chi connectivity index (χ2v) is 11.3. The minimum absolute atomic E-state index is 0.100. The van der Waals surface area contributed by atoms with Crippen LogP contribution in [0.15, 0.2) is 35.3 Å². The molecule has 3 heterocycles. The van der Waals surface area contributed by atoms with Crippen LogP contribution in [0.5, 0.6) is 5.75 Å². The number of ether oxygens (including phenoxy) is 2. The van der Waals surface area contributed by atoms with Gasteiger partial charge in [-0.25, -0.2) is 14.8 Å². The van der Waals surface area contributed by atoms with E-state index in [4.69, 9.17) is 26.1 Å². The molecule has 0 spiro atoms. The molecule has 0 N–H and O–H groups in total. The van der Waals surface area contributed by atoms with Gasteiger partial charge in [0.25, 0.3) is 5.56 Å². The van der Waals surface area contributed by atoms with Crippen LogP contribution in [-0.2, 0) is 23.0 Å². The molecule has 4 rings (SSSR count). The predicted molar refractivity (Wildman–Crippen MR) is 154 cm³/mol. The Bertz CT molecular complexity index is 1370. The molecule has 210 valence electrons. The summed E-state index contributed by atoms with van der Waals surface area (Å²) >= 11 is 6.51. The van der Waals surface area contributed by atoms with Gasteiger partial charge in [-0.3, -0.25) is 4.79 Å². The molecule has 2 aromatic heterocycles. The van der Waals surface area contributed by atoms with Gasteiger partial charge in [-0.2, -0.15) is 0 Å². The highest BCUT2D eigenvalue weighted by Crippen LogP contribution is 2.27. The number of hydrogen-bond acceptors (Lipinski definition) is 8. The molecule has 9 nitrogen and oxygen atoms in total. The summed E-state index contributed by atoms with van der Waals surface area (Å²) in [5, 5.41) is 1.33. The largest absolute Gasteiger partial charge is 0.476 e. The Morgan fingerprint density at radius 2 is 1.92 bits per heavy atom. The van der Waals surface area contributed by atoms with Gasteiger partial charge in [0, 0.05) is 38.5 Å². The molecule has 0 amide bonds. The zero-order valence-electron chi connectivity index (χ0n) is 23.4. The van der Waals surface area contributed by atoms with E-state index in [0.717, 1.165) is 48.2 Å². The zero-order chi connectivity index (χ0) is 28.1. The first-order valence-electron chi connectivity index (χ1n) is 13.4. The van der Waals surface area contributed by atoms with Gasteiger partial charge < -0.3 is 23.8 Å². The Morgan fingerprint density at radius 3 is 2.64 bits per heavy atom. The van der Waals surface area contributed by atoms with Crippen LogP contribution in [-0.4, -0.2) is 72.3 Å². The van der Waals surface area contributed by atoms with Gasteiger partial charge >= 0.3 is 5.97 Å². The standard InChI is InChI=1S/C29H38ClN5O4/c1-19-11-20(2)17-35(16-19)29-31-15-23(30)24(32-29)13-21-7-8-25-22(12-21)14-26(28(37)34(25)5)39-18-27(36)38-10-6-9-33(3)4/h7-8,12,14-15,19-20H,6,9-11,13,16-18H2,1-5H3/t19-,20+. The van der Waals surface area contributed by atoms with Crippen LogP contribution in [0.2, 0.25) is 5.02 Å². The maximum Gasteiger partial charge on any atom is 0.344 e. The number of rotatable bonds is 10. The number of nitrogens with zero attached hydrogens (tertiary/aromatic N) is 5. The van der Waals surface area contributed by atoms with Crippen molar-refractivity contribution in [3.63, 3.8) is 0 Å². The Morgan fingerprint density at radius 1 is 1.18 bits per heavy atom. The van der Waals surface area contributed by atoms with E-state index in [1.807, 2.05) is 37.2 Å². The number of benzene rings is 1. The fourth-order valence-electron chi connectivity index (χ4n) is 5.15. The monoisotopic (exact) mass is 555 g/mol. The zero-order valence-corrected chi connectivity index (χ0v) is 24.2. The lowest BCUT2D eigenvalue weighted by molar-refractivity contribution is -0.146. The van der Waals surface area contributed by atoms with Crippen molar-refractivity contribution < 1.29 is 14.3 Å². The van der Waals surface area contributed by atoms with Crippen LogP contribution in [0.3, 0.4) is 0 Å². The summed E-state index contributed by atoms with van der Waals surface area (Å²) in [6.07, 6.45) is 4.13. The molecule has 0 radical (unpaired) electrons. The highest BCUT2D eigenvalue weighted by Gasteiger charge is 2.24. The molecular formula is C29H38ClN5O4. The lowest BCUT2D eigenvalue weighted by Crippen LogP contribution is -2.39. The second kappa shape index (κ2) is 12.8. The van der Waals surface area contributed by atoms with Gasteiger partial charge in [0.1, 0.15) is 0 Å². The van der Waals surface area contributed by atoms with E-state index in [0.29, 0.717) is 35.8 Å². The van der Waals surface area contributed by atoms with Gasteiger partial charge in [-0.1, -0.05) is 31.5 Å². The van der Waals surface area contributed by atoms with Crippen molar-refractivity contribution in [2.75, 3.05) is 51.8 Å². The molecule has 1 aliphatic heterocycles. The minimum atomic E-state index is -0.503. The number of piperidine rings is 1. The number of esters is 1. The summed E-state index contributed by atoms with van der Waals surface area (Å²) in [6.45, 7) is 7.19. The van der Waals surface area contributed by atoms with Crippen LogP contribution in [0.4, 0.5) is 5.95 Å². The van der Waals surface area contributed by atoms with E-state index in [1.165, 1.54) is 11.0 Å². The molecule has 39 heavy (non-hydrogen) atoms. The van der Waals surface area contributed by atoms with Crippen molar-refractivity contribution >= 4 is 34.4 Å². The molecule has 0 aliphatic carbocycles. The summed E-state index contributed by atoms with van der Waals surface area (Å²) < 4.78 is 12.3. The summed E-state index contributed by atoms with van der Waals surface area (Å²) in [4.78, 5) is 38.5. The Hall–Kier alpha value is -3.17. The van der Waals surface area contributed by atoms with Crippen molar-refractivity contribution in [3.05, 3.63) is 57.1 Å². The summed E-state index contributed by atoms with van der Waals surface area (Å²) in [7, 11) is 5.61. The molecule has 0 bridgehead atoms. The third kappa shape index (κ3) is 7.48. The van der Waals surface area contributed by atoms with Gasteiger partial charge in [-0.05, 0) is 62.5 Å². The molecule has 1 aliphatic rings. The Balaban J connectivity index is 1.49. The third-order valence-electron chi connectivity index (χ3n) is 6.94. The molecule has 3 aromatic rings. The molecule has 1 saturated heterocycles. The predicted octanol–water partition coefficient (Wildman–Crippen LogP) is 3.93. The number of halogens is 1. The number of carbonyl (C=O) groups excluding carboxylic acids is 1. The topological polar surface area (TPSA) is 89.8 Å². The van der Waals surface area contributed by atoms with Crippen molar-refractivity contribution in [1.29, 1.82) is 0 Å². The average Bonchev–Trinajstić information content (AvgIpc) is 2.88. The summed E-state index contributed by atoms with van der Waals surface area (Å²) in [5.41, 5.74) is 2.18. The second-order valence-electron chi connectivity index (χ2n) is 10.9. The fourth-order valence-corrected chi connectivity index (χ4v) is 5.31. The number of aryl methyl sites for hydroxylation is 1. The molecular weight excluding hydrogens is 518 g/mol. The van der Waals surface area contributed by atoms with Crippen molar-refractivity contribution in [2.45, 2.75) is 33.1 Å². The first-order valence-corrected chi connectivity index (χ1v) is 13.8.